The van der Waals surface area contributed by atoms with E-state index in [4.69, 9.17) is 10.5 Å². The zero-order valence-corrected chi connectivity index (χ0v) is 18.7. The van der Waals surface area contributed by atoms with Gasteiger partial charge < -0.3 is 26.0 Å². The molecule has 2 aromatic carbocycles. The van der Waals surface area contributed by atoms with E-state index in [1.165, 1.54) is 0 Å². The SMILES string of the molecule is Cc1ccc(NC(=O)c2ccc(N3CCC[C@H](NC(=O)OC(C)(C)C)C3)cc2N)cc1. The summed E-state index contributed by atoms with van der Waals surface area (Å²) < 4.78 is 5.36. The number of hydrogen-bond acceptors (Lipinski definition) is 5. The molecule has 4 N–H and O–H groups in total. The number of nitrogens with zero attached hydrogens (tertiary/aromatic N) is 1. The van der Waals surface area contributed by atoms with Crippen molar-refractivity contribution in [3.63, 3.8) is 0 Å². The number of carbonyl (C=O) groups is 2. The van der Waals surface area contributed by atoms with Gasteiger partial charge in [0.25, 0.3) is 5.91 Å². The molecular weight excluding hydrogens is 392 g/mol. The standard InChI is InChI=1S/C24H32N4O3/c1-16-7-9-17(10-8-16)26-22(29)20-12-11-19(14-21(20)25)28-13-5-6-18(15-28)27-23(30)31-24(2,3)4/h7-12,14,18H,5-6,13,15,25H2,1-4H3,(H,26,29)(H,27,30)/t18-/m0/s1. The summed E-state index contributed by atoms with van der Waals surface area (Å²) in [7, 11) is 0. The molecule has 0 radical (unpaired) electrons. The molecule has 0 spiro atoms. The van der Waals surface area contributed by atoms with Crippen LogP contribution >= 0.6 is 0 Å². The second kappa shape index (κ2) is 9.29. The Balaban J connectivity index is 1.64. The average Bonchev–Trinajstić information content (AvgIpc) is 2.68. The van der Waals surface area contributed by atoms with Gasteiger partial charge in [0.2, 0.25) is 0 Å². The van der Waals surface area contributed by atoms with Crippen molar-refractivity contribution < 1.29 is 14.3 Å². The minimum atomic E-state index is -0.526. The first-order valence-electron chi connectivity index (χ1n) is 10.6. The predicted octanol–water partition coefficient (Wildman–Crippen LogP) is 4.32. The number of amides is 2. The predicted molar refractivity (Wildman–Crippen MR) is 125 cm³/mol. The first-order valence-corrected chi connectivity index (χ1v) is 10.6. The van der Waals surface area contributed by atoms with E-state index >= 15 is 0 Å². The van der Waals surface area contributed by atoms with Crippen LogP contribution in [0.15, 0.2) is 42.5 Å². The van der Waals surface area contributed by atoms with Gasteiger partial charge in [-0.05, 0) is 70.9 Å². The summed E-state index contributed by atoms with van der Waals surface area (Å²) >= 11 is 0. The van der Waals surface area contributed by atoms with Crippen LogP contribution in [-0.4, -0.2) is 36.7 Å². The van der Waals surface area contributed by atoms with E-state index in [-0.39, 0.29) is 11.9 Å². The molecule has 1 fully saturated rings. The second-order valence-electron chi connectivity index (χ2n) is 9.02. The summed E-state index contributed by atoms with van der Waals surface area (Å²) in [6.07, 6.45) is 1.43. The van der Waals surface area contributed by atoms with Crippen LogP contribution in [0.1, 0.15) is 49.5 Å². The highest BCUT2D eigenvalue weighted by molar-refractivity contribution is 6.08. The molecule has 0 aliphatic carbocycles. The normalized spacial score (nSPS) is 16.5. The van der Waals surface area contributed by atoms with E-state index in [0.29, 0.717) is 17.8 Å². The summed E-state index contributed by atoms with van der Waals surface area (Å²) in [4.78, 5) is 26.9. The molecule has 0 bridgehead atoms. The largest absolute Gasteiger partial charge is 0.444 e. The van der Waals surface area contributed by atoms with Crippen LogP contribution in [-0.2, 0) is 4.74 Å². The van der Waals surface area contributed by atoms with Crippen LogP contribution in [0.4, 0.5) is 21.9 Å². The molecule has 2 aromatic rings. The Kier molecular flexibility index (Phi) is 6.73. The summed E-state index contributed by atoms with van der Waals surface area (Å²) in [6.45, 7) is 9.06. The summed E-state index contributed by atoms with van der Waals surface area (Å²) in [6, 6.07) is 13.1. The number of ether oxygens (including phenoxy) is 1. The lowest BCUT2D eigenvalue weighted by atomic mass is 10.0. The molecule has 3 rings (SSSR count). The van der Waals surface area contributed by atoms with Gasteiger partial charge >= 0.3 is 6.09 Å². The van der Waals surface area contributed by atoms with Gasteiger partial charge in [-0.15, -0.1) is 0 Å². The zero-order chi connectivity index (χ0) is 22.6. The monoisotopic (exact) mass is 424 g/mol. The zero-order valence-electron chi connectivity index (χ0n) is 18.7. The van der Waals surface area contributed by atoms with Crippen molar-refractivity contribution in [1.82, 2.24) is 5.32 Å². The molecule has 1 heterocycles. The van der Waals surface area contributed by atoms with Crippen LogP contribution < -0.4 is 21.3 Å². The molecule has 1 aliphatic rings. The van der Waals surface area contributed by atoms with Gasteiger partial charge in [0.1, 0.15) is 5.60 Å². The number of anilines is 3. The first kappa shape index (κ1) is 22.5. The maximum absolute atomic E-state index is 12.6. The van der Waals surface area contributed by atoms with Crippen molar-refractivity contribution in [2.45, 2.75) is 52.2 Å². The van der Waals surface area contributed by atoms with Crippen molar-refractivity contribution in [2.75, 3.05) is 29.0 Å². The third-order valence-corrected chi connectivity index (χ3v) is 5.10. The number of piperidine rings is 1. The molecule has 0 unspecified atom stereocenters. The summed E-state index contributed by atoms with van der Waals surface area (Å²) in [5.41, 5.74) is 9.33. The van der Waals surface area contributed by atoms with Gasteiger partial charge in [0.05, 0.1) is 5.56 Å². The summed E-state index contributed by atoms with van der Waals surface area (Å²) in [5, 5.41) is 5.83. The highest BCUT2D eigenvalue weighted by Crippen LogP contribution is 2.25. The van der Waals surface area contributed by atoms with E-state index in [0.717, 1.165) is 36.3 Å². The van der Waals surface area contributed by atoms with Gasteiger partial charge in [0, 0.05) is 36.2 Å². The molecule has 7 nitrogen and oxygen atoms in total. The number of nitrogen functional groups attached to an aromatic ring is 1. The first-order chi connectivity index (χ1) is 14.6. The molecule has 0 saturated carbocycles. The van der Waals surface area contributed by atoms with Gasteiger partial charge in [-0.2, -0.15) is 0 Å². The Morgan fingerprint density at radius 3 is 2.48 bits per heavy atom. The smallest absolute Gasteiger partial charge is 0.407 e. The van der Waals surface area contributed by atoms with Crippen molar-refractivity contribution in [1.29, 1.82) is 0 Å². The molecule has 1 atom stereocenters. The molecule has 1 saturated heterocycles. The number of carbonyl (C=O) groups excluding carboxylic acids is 2. The molecule has 7 heteroatoms. The number of rotatable bonds is 4. The van der Waals surface area contributed by atoms with Crippen LogP contribution in [0.25, 0.3) is 0 Å². The number of hydrogen-bond donors (Lipinski definition) is 3. The Morgan fingerprint density at radius 2 is 1.84 bits per heavy atom. The number of alkyl carbamates (subject to hydrolysis) is 1. The molecule has 31 heavy (non-hydrogen) atoms. The average molecular weight is 425 g/mol. The molecule has 2 amide bonds. The van der Waals surface area contributed by atoms with E-state index in [1.54, 1.807) is 6.07 Å². The highest BCUT2D eigenvalue weighted by atomic mass is 16.6. The Morgan fingerprint density at radius 1 is 1.13 bits per heavy atom. The molecular formula is C24H32N4O3. The third-order valence-electron chi connectivity index (χ3n) is 5.10. The minimum absolute atomic E-state index is 0.00524. The van der Waals surface area contributed by atoms with Crippen LogP contribution in [0, 0.1) is 6.92 Å². The lowest BCUT2D eigenvalue weighted by Crippen LogP contribution is -2.49. The van der Waals surface area contributed by atoms with Crippen molar-refractivity contribution in [3.8, 4) is 0 Å². The number of aryl methyl sites for hydroxylation is 1. The Hall–Kier alpha value is -3.22. The minimum Gasteiger partial charge on any atom is -0.444 e. The maximum atomic E-state index is 12.6. The number of benzene rings is 2. The van der Waals surface area contributed by atoms with E-state index in [9.17, 15) is 9.59 Å². The van der Waals surface area contributed by atoms with E-state index in [2.05, 4.69) is 15.5 Å². The van der Waals surface area contributed by atoms with Crippen molar-refractivity contribution >= 4 is 29.1 Å². The van der Waals surface area contributed by atoms with Gasteiger partial charge in [0.15, 0.2) is 0 Å². The van der Waals surface area contributed by atoms with Gasteiger partial charge in [-0.1, -0.05) is 17.7 Å². The molecule has 1 aliphatic heterocycles. The van der Waals surface area contributed by atoms with Crippen molar-refractivity contribution in [2.24, 2.45) is 0 Å². The Labute approximate surface area is 183 Å². The fraction of sp³-hybridized carbons (Fsp3) is 0.417. The van der Waals surface area contributed by atoms with E-state index in [1.807, 2.05) is 64.1 Å². The molecule has 166 valence electrons. The summed E-state index contributed by atoms with van der Waals surface area (Å²) in [5.74, 6) is -0.240. The lowest BCUT2D eigenvalue weighted by molar-refractivity contribution is 0.0500. The fourth-order valence-corrected chi connectivity index (χ4v) is 3.59. The van der Waals surface area contributed by atoms with Gasteiger partial charge in [-0.3, -0.25) is 4.79 Å². The third kappa shape index (κ3) is 6.38. The van der Waals surface area contributed by atoms with Crippen LogP contribution in [0.3, 0.4) is 0 Å². The van der Waals surface area contributed by atoms with Gasteiger partial charge in [-0.25, -0.2) is 4.79 Å². The van der Waals surface area contributed by atoms with Crippen LogP contribution in [0.2, 0.25) is 0 Å². The topological polar surface area (TPSA) is 96.7 Å². The highest BCUT2D eigenvalue weighted by Gasteiger charge is 2.25. The fourth-order valence-electron chi connectivity index (χ4n) is 3.59. The molecule has 0 aromatic heterocycles. The quantitative estimate of drug-likeness (QED) is 0.635. The lowest BCUT2D eigenvalue weighted by Gasteiger charge is -2.35. The van der Waals surface area contributed by atoms with Crippen LogP contribution in [0.5, 0.6) is 0 Å². The number of nitrogens with two attached hydrogens (primary N) is 1. The number of nitrogens with one attached hydrogen (secondary N) is 2. The van der Waals surface area contributed by atoms with E-state index < -0.39 is 11.7 Å². The maximum Gasteiger partial charge on any atom is 0.407 e. The Bertz CT molecular complexity index is 935. The van der Waals surface area contributed by atoms with Crippen molar-refractivity contribution in [3.05, 3.63) is 53.6 Å². The second-order valence-corrected chi connectivity index (χ2v) is 9.02.